The number of rotatable bonds is 3. The van der Waals surface area contributed by atoms with Gasteiger partial charge in [0.1, 0.15) is 0 Å². The Morgan fingerprint density at radius 2 is 2.06 bits per heavy atom. The highest BCUT2D eigenvalue weighted by molar-refractivity contribution is 9.10. The van der Waals surface area contributed by atoms with Gasteiger partial charge >= 0.3 is 6.18 Å². The summed E-state index contributed by atoms with van der Waals surface area (Å²) in [7, 11) is 1.55. The zero-order chi connectivity index (χ0) is 13.9. The lowest BCUT2D eigenvalue weighted by atomic mass is 10.1. The summed E-state index contributed by atoms with van der Waals surface area (Å²) in [5, 5.41) is 8.71. The predicted octanol–water partition coefficient (Wildman–Crippen LogP) is 4.06. The summed E-state index contributed by atoms with van der Waals surface area (Å²) in [6, 6.07) is 5.80. The van der Waals surface area contributed by atoms with Crippen LogP contribution in [0.5, 0.6) is 0 Å². The normalized spacial score (nSPS) is 12.9. The van der Waals surface area contributed by atoms with Crippen molar-refractivity contribution in [3.05, 3.63) is 28.2 Å². The average Bonchev–Trinajstić information content (AvgIpc) is 2.26. The zero-order valence-corrected chi connectivity index (χ0v) is 11.5. The number of anilines is 1. The highest BCUT2D eigenvalue weighted by Gasteiger charge is 2.34. The average molecular weight is 321 g/mol. The number of nitriles is 1. The van der Waals surface area contributed by atoms with Crippen LogP contribution < -0.4 is 4.90 Å². The van der Waals surface area contributed by atoms with E-state index < -0.39 is 11.7 Å². The highest BCUT2D eigenvalue weighted by Crippen LogP contribution is 2.37. The Morgan fingerprint density at radius 3 is 2.56 bits per heavy atom. The Hall–Kier alpha value is -1.22. The molecule has 1 atom stereocenters. The van der Waals surface area contributed by atoms with Crippen LogP contribution in [0, 0.1) is 17.2 Å². The van der Waals surface area contributed by atoms with Crippen LogP contribution in [0.4, 0.5) is 18.9 Å². The molecular formula is C12H12BrF3N2. The summed E-state index contributed by atoms with van der Waals surface area (Å²) in [5.41, 5.74) is -0.627. The van der Waals surface area contributed by atoms with Gasteiger partial charge in [-0.25, -0.2) is 0 Å². The van der Waals surface area contributed by atoms with Gasteiger partial charge in [-0.15, -0.1) is 0 Å². The van der Waals surface area contributed by atoms with Crippen molar-refractivity contribution >= 4 is 21.6 Å². The minimum Gasteiger partial charge on any atom is -0.373 e. The number of nitrogens with zero attached hydrogens (tertiary/aromatic N) is 2. The van der Waals surface area contributed by atoms with E-state index in [1.807, 2.05) is 6.07 Å². The molecule has 0 amide bonds. The molecule has 0 aromatic heterocycles. The van der Waals surface area contributed by atoms with Crippen LogP contribution in [-0.2, 0) is 6.18 Å². The fourth-order valence-corrected chi connectivity index (χ4v) is 1.96. The third kappa shape index (κ3) is 3.64. The standard InChI is InChI=1S/C12H12BrF3N2/c1-8(6-17)7-18(2)11-5-9(13)3-4-10(11)12(14,15)16/h3-5,8H,7H2,1-2H3. The quantitative estimate of drug-likeness (QED) is 0.839. The molecule has 0 radical (unpaired) electrons. The smallest absolute Gasteiger partial charge is 0.373 e. The van der Waals surface area contributed by atoms with Gasteiger partial charge in [-0.1, -0.05) is 15.9 Å². The monoisotopic (exact) mass is 320 g/mol. The minimum atomic E-state index is -4.40. The maximum Gasteiger partial charge on any atom is 0.418 e. The van der Waals surface area contributed by atoms with Crippen LogP contribution in [0.15, 0.2) is 22.7 Å². The van der Waals surface area contributed by atoms with Crippen LogP contribution >= 0.6 is 15.9 Å². The van der Waals surface area contributed by atoms with Crippen LogP contribution in [0.1, 0.15) is 12.5 Å². The van der Waals surface area contributed by atoms with Gasteiger partial charge in [-0.2, -0.15) is 18.4 Å². The number of hydrogen-bond donors (Lipinski definition) is 0. The highest BCUT2D eigenvalue weighted by atomic mass is 79.9. The maximum atomic E-state index is 12.9. The molecule has 0 saturated carbocycles. The van der Waals surface area contributed by atoms with Crippen molar-refractivity contribution < 1.29 is 13.2 Å². The Labute approximate surface area is 112 Å². The molecule has 6 heteroatoms. The largest absolute Gasteiger partial charge is 0.418 e. The van der Waals surface area contributed by atoms with E-state index in [0.29, 0.717) is 4.47 Å². The van der Waals surface area contributed by atoms with E-state index in [-0.39, 0.29) is 18.2 Å². The van der Waals surface area contributed by atoms with Gasteiger partial charge in [0.2, 0.25) is 0 Å². The van der Waals surface area contributed by atoms with Crippen LogP contribution in [0.2, 0.25) is 0 Å². The first-order valence-corrected chi connectivity index (χ1v) is 6.02. The fraction of sp³-hybridized carbons (Fsp3) is 0.417. The first kappa shape index (κ1) is 14.8. The third-order valence-electron chi connectivity index (χ3n) is 2.44. The van der Waals surface area contributed by atoms with Crippen molar-refractivity contribution in [1.29, 1.82) is 5.26 Å². The van der Waals surface area contributed by atoms with Gasteiger partial charge in [0.05, 0.1) is 17.6 Å². The molecule has 0 spiro atoms. The molecule has 98 valence electrons. The Kier molecular flexibility index (Phi) is 4.63. The summed E-state index contributed by atoms with van der Waals surface area (Å²) in [6.07, 6.45) is -4.40. The Bertz CT molecular complexity index is 465. The third-order valence-corrected chi connectivity index (χ3v) is 2.94. The van der Waals surface area contributed by atoms with E-state index in [4.69, 9.17) is 5.26 Å². The van der Waals surface area contributed by atoms with E-state index >= 15 is 0 Å². The second kappa shape index (κ2) is 5.61. The molecule has 0 aliphatic rings. The lowest BCUT2D eigenvalue weighted by Gasteiger charge is -2.24. The molecule has 0 fully saturated rings. The van der Waals surface area contributed by atoms with Crippen molar-refractivity contribution in [2.75, 3.05) is 18.5 Å². The fourth-order valence-electron chi connectivity index (χ4n) is 1.61. The van der Waals surface area contributed by atoms with Crippen LogP contribution in [0.25, 0.3) is 0 Å². The summed E-state index contributed by atoms with van der Waals surface area (Å²) in [4.78, 5) is 1.45. The lowest BCUT2D eigenvalue weighted by molar-refractivity contribution is -0.137. The predicted molar refractivity (Wildman–Crippen MR) is 67.2 cm³/mol. The van der Waals surface area contributed by atoms with Crippen LogP contribution in [-0.4, -0.2) is 13.6 Å². The molecule has 0 N–H and O–H groups in total. The van der Waals surface area contributed by atoms with Crippen molar-refractivity contribution in [3.63, 3.8) is 0 Å². The summed E-state index contributed by atoms with van der Waals surface area (Å²) in [5.74, 6) is -0.338. The second-order valence-corrected chi connectivity index (χ2v) is 4.99. The molecule has 0 bridgehead atoms. The van der Waals surface area contributed by atoms with E-state index in [1.165, 1.54) is 17.0 Å². The minimum absolute atomic E-state index is 0.0685. The molecule has 1 unspecified atom stereocenters. The SMILES string of the molecule is CC(C#N)CN(C)c1cc(Br)ccc1C(F)(F)F. The van der Waals surface area contributed by atoms with Crippen LogP contribution in [0.3, 0.4) is 0 Å². The van der Waals surface area contributed by atoms with Gasteiger partial charge in [0.25, 0.3) is 0 Å². The number of alkyl halides is 3. The molecule has 0 heterocycles. The molecule has 18 heavy (non-hydrogen) atoms. The summed E-state index contributed by atoms with van der Waals surface area (Å²) < 4.78 is 39.1. The van der Waals surface area contributed by atoms with Gasteiger partial charge < -0.3 is 4.90 Å². The molecule has 1 aromatic carbocycles. The van der Waals surface area contributed by atoms with Gasteiger partial charge in [-0.05, 0) is 25.1 Å². The molecule has 0 aliphatic carbocycles. The van der Waals surface area contributed by atoms with E-state index in [1.54, 1.807) is 14.0 Å². The van der Waals surface area contributed by atoms with Gasteiger partial charge in [0, 0.05) is 23.8 Å². The van der Waals surface area contributed by atoms with Gasteiger partial charge in [-0.3, -0.25) is 0 Å². The molecule has 2 nitrogen and oxygen atoms in total. The molecule has 0 saturated heterocycles. The Balaban J connectivity index is 3.14. The van der Waals surface area contributed by atoms with Crippen molar-refractivity contribution in [3.8, 4) is 6.07 Å². The first-order chi connectivity index (χ1) is 8.25. The second-order valence-electron chi connectivity index (χ2n) is 4.07. The lowest BCUT2D eigenvalue weighted by Crippen LogP contribution is -2.26. The Morgan fingerprint density at radius 1 is 1.44 bits per heavy atom. The zero-order valence-electron chi connectivity index (χ0n) is 9.92. The molecule has 0 aliphatic heterocycles. The first-order valence-electron chi connectivity index (χ1n) is 5.23. The van der Waals surface area contributed by atoms with Crippen molar-refractivity contribution in [2.45, 2.75) is 13.1 Å². The summed E-state index contributed by atoms with van der Waals surface area (Å²) in [6.45, 7) is 1.91. The van der Waals surface area contributed by atoms with E-state index in [0.717, 1.165) is 6.07 Å². The van der Waals surface area contributed by atoms with E-state index in [2.05, 4.69) is 15.9 Å². The number of hydrogen-bond acceptors (Lipinski definition) is 2. The number of benzene rings is 1. The van der Waals surface area contributed by atoms with Gasteiger partial charge in [0.15, 0.2) is 0 Å². The van der Waals surface area contributed by atoms with Crippen molar-refractivity contribution in [1.82, 2.24) is 0 Å². The molecule has 1 aromatic rings. The summed E-state index contributed by atoms with van der Waals surface area (Å²) >= 11 is 3.16. The molecular weight excluding hydrogens is 309 g/mol. The molecule has 1 rings (SSSR count). The topological polar surface area (TPSA) is 27.0 Å². The van der Waals surface area contributed by atoms with Crippen molar-refractivity contribution in [2.24, 2.45) is 5.92 Å². The number of halogens is 4. The maximum absolute atomic E-state index is 12.9. The van der Waals surface area contributed by atoms with E-state index in [9.17, 15) is 13.2 Å².